The van der Waals surface area contributed by atoms with E-state index >= 15 is 13.2 Å². The van der Waals surface area contributed by atoms with Gasteiger partial charge in [-0.1, -0.05) is 72.8 Å². The number of rotatable bonds is 7. The lowest BCUT2D eigenvalue weighted by Crippen LogP contribution is -2.11. The molecule has 0 atom stereocenters. The molecule has 12 aromatic rings. The summed E-state index contributed by atoms with van der Waals surface area (Å²) in [5.41, 5.74) is -15.8. The Bertz CT molecular complexity index is 4810. The molecule has 2 heterocycles. The number of hydrogen-bond donors (Lipinski definition) is 0. The summed E-state index contributed by atoms with van der Waals surface area (Å²) in [5, 5.41) is 10.6. The average molecular weight is 1320 g/mol. The minimum absolute atomic E-state index is 0.0358. The van der Waals surface area contributed by atoms with Crippen molar-refractivity contribution in [3.05, 3.63) is 238 Å². The van der Waals surface area contributed by atoms with E-state index in [2.05, 4.69) is 0 Å². The Morgan fingerprint density at radius 2 is 0.532 bits per heavy atom. The fourth-order valence-corrected chi connectivity index (χ4v) is 11.9. The van der Waals surface area contributed by atoms with Crippen molar-refractivity contribution in [3.63, 3.8) is 0 Å². The summed E-state index contributed by atoms with van der Waals surface area (Å²) < 4.78 is 312. The van der Waals surface area contributed by atoms with Gasteiger partial charge in [0.05, 0.1) is 84.0 Å². The zero-order chi connectivity index (χ0) is 67.9. The molecule has 10 aromatic carbocycles. The summed E-state index contributed by atoms with van der Waals surface area (Å²) in [6.07, 6.45) is -36.9. The van der Waals surface area contributed by atoms with Crippen LogP contribution in [-0.4, -0.2) is 9.13 Å². The molecule has 478 valence electrons. The van der Waals surface area contributed by atoms with Gasteiger partial charge in [-0.15, -0.1) is 0 Å². The first kappa shape index (κ1) is 63.9. The molecule has 0 spiro atoms. The van der Waals surface area contributed by atoms with Gasteiger partial charge in [0.1, 0.15) is 0 Å². The summed E-state index contributed by atoms with van der Waals surface area (Å²) in [5.74, 6) is 0. The first-order chi connectivity index (χ1) is 43.7. The first-order valence-electron chi connectivity index (χ1n) is 27.6. The van der Waals surface area contributed by atoms with Crippen molar-refractivity contribution in [2.75, 3.05) is 0 Å². The van der Waals surface area contributed by atoms with E-state index in [0.29, 0.717) is 36.4 Å². The predicted molar refractivity (Wildman–Crippen MR) is 312 cm³/mol. The summed E-state index contributed by atoms with van der Waals surface area (Å²) in [6.45, 7) is 2.74. The van der Waals surface area contributed by atoms with E-state index in [9.17, 15) is 84.3 Å². The van der Waals surface area contributed by atoms with Gasteiger partial charge >= 0.3 is 43.2 Å². The van der Waals surface area contributed by atoms with Crippen LogP contribution in [0.1, 0.15) is 55.6 Å². The fraction of sp³-hybridized carbons (Fsp3) is 0.129. The maximum absolute atomic E-state index is 16.3. The average Bonchev–Trinajstić information content (AvgIpc) is 1.56. The molecule has 12 rings (SSSR count). The van der Waals surface area contributed by atoms with E-state index in [-0.39, 0.29) is 106 Å². The Labute approximate surface area is 516 Å². The number of hydrogen-bond acceptors (Lipinski definition) is 1. The SMILES string of the molecule is Cc1cc(-c2ccc3c4ccc(-c5cc(C)cc(C(F)(F)F)c5)cc4n(-c4cc(C(F)(F)F)cc(-n5c6cc(-c7cc(C(F)(F)F)cc(C(F)(F)F)c7)ccc6c6ccc(-c7cc(C(F)(F)F)cc(C(F)(F)F)c7)cc65)c4-c4cccc(C#N)c4)c3c2)cc(C(F)(F)F)c1. The number of aromatic nitrogens is 2. The van der Waals surface area contributed by atoms with Gasteiger partial charge < -0.3 is 9.13 Å². The molecule has 0 saturated carbocycles. The van der Waals surface area contributed by atoms with Gasteiger partial charge in [-0.05, 0) is 184 Å². The number of nitrogens with zero attached hydrogens (tertiary/aromatic N) is 3. The van der Waals surface area contributed by atoms with Crippen molar-refractivity contribution in [1.29, 1.82) is 5.26 Å². The molecule has 94 heavy (non-hydrogen) atoms. The highest BCUT2D eigenvalue weighted by atomic mass is 19.4. The van der Waals surface area contributed by atoms with Gasteiger partial charge in [0.25, 0.3) is 0 Å². The van der Waals surface area contributed by atoms with Crippen molar-refractivity contribution >= 4 is 43.6 Å². The summed E-state index contributed by atoms with van der Waals surface area (Å²) >= 11 is 0. The van der Waals surface area contributed by atoms with Crippen LogP contribution in [0.25, 0.3) is 111 Å². The third-order valence-corrected chi connectivity index (χ3v) is 16.0. The normalized spacial score (nSPS) is 13.0. The second-order valence-electron chi connectivity index (χ2n) is 22.4. The molecule has 0 fully saturated rings. The largest absolute Gasteiger partial charge is 0.416 e. The van der Waals surface area contributed by atoms with Gasteiger partial charge in [-0.2, -0.15) is 97.5 Å². The van der Waals surface area contributed by atoms with E-state index < -0.39 is 116 Å². The number of benzene rings is 10. The van der Waals surface area contributed by atoms with Crippen LogP contribution < -0.4 is 0 Å². The van der Waals surface area contributed by atoms with Crippen LogP contribution >= 0.6 is 0 Å². The number of halogens is 21. The quantitative estimate of drug-likeness (QED) is 0.146. The lowest BCUT2D eigenvalue weighted by Gasteiger charge is -2.23. The van der Waals surface area contributed by atoms with Crippen molar-refractivity contribution < 1.29 is 92.2 Å². The number of alkyl halides is 21. The lowest BCUT2D eigenvalue weighted by molar-refractivity contribution is -0.144. The van der Waals surface area contributed by atoms with Crippen LogP contribution in [0.5, 0.6) is 0 Å². The van der Waals surface area contributed by atoms with Crippen LogP contribution in [0.15, 0.2) is 182 Å². The second-order valence-corrected chi connectivity index (χ2v) is 22.4. The Hall–Kier alpha value is -10.2. The molecule has 0 aliphatic rings. The maximum Gasteiger partial charge on any atom is 0.416 e. The van der Waals surface area contributed by atoms with Crippen LogP contribution in [-0.2, 0) is 43.2 Å². The highest BCUT2D eigenvalue weighted by Crippen LogP contribution is 2.50. The standard InChI is InChI=1S/C70H36F21N3/c1-34-14-42(19-46(16-34)64(71,72)73)37-6-10-53-54-11-7-38(43-15-35(2)17-47(20-43)65(74,75)76)26-58(54)93(57(53)25-37)61-31-52(70(89,90)91)32-62(63(61)41-5-3-4-36(18-41)33-92)94-59-27-39(44-21-48(66(77,78)79)29-49(22-44)67(80,81)82)8-12-55(59)56-13-9-40(28-60(56)94)45-23-50(68(83,84)85)30-51(24-45)69(86,87)88/h3-32H,1-2H3. The van der Waals surface area contributed by atoms with Crippen LogP contribution in [0, 0.1) is 25.2 Å². The van der Waals surface area contributed by atoms with Crippen molar-refractivity contribution in [2.45, 2.75) is 57.1 Å². The van der Waals surface area contributed by atoms with Gasteiger partial charge in [0.2, 0.25) is 0 Å². The minimum Gasteiger partial charge on any atom is -0.308 e. The topological polar surface area (TPSA) is 33.6 Å². The van der Waals surface area contributed by atoms with E-state index in [1.807, 2.05) is 6.07 Å². The Balaban J connectivity index is 1.28. The van der Waals surface area contributed by atoms with Crippen molar-refractivity contribution in [2.24, 2.45) is 0 Å². The molecule has 0 radical (unpaired) electrons. The third-order valence-electron chi connectivity index (χ3n) is 16.0. The smallest absolute Gasteiger partial charge is 0.308 e. The molecule has 0 saturated heterocycles. The van der Waals surface area contributed by atoms with Gasteiger partial charge in [-0.3, -0.25) is 0 Å². The summed E-state index contributed by atoms with van der Waals surface area (Å²) in [4.78, 5) is 0. The van der Waals surface area contributed by atoms with E-state index in [1.54, 1.807) is 0 Å². The Morgan fingerprint density at radius 3 is 0.809 bits per heavy atom. The molecule has 0 N–H and O–H groups in total. The molecular weight excluding hydrogens is 1280 g/mol. The lowest BCUT2D eigenvalue weighted by atomic mass is 9.95. The predicted octanol–water partition coefficient (Wildman–Crippen LogP) is 23.8. The molecule has 24 heteroatoms. The van der Waals surface area contributed by atoms with E-state index in [0.717, 1.165) is 65.2 Å². The van der Waals surface area contributed by atoms with E-state index in [4.69, 9.17) is 0 Å². The van der Waals surface area contributed by atoms with Crippen molar-refractivity contribution in [1.82, 2.24) is 9.13 Å². The third kappa shape index (κ3) is 11.9. The summed E-state index contributed by atoms with van der Waals surface area (Å²) in [7, 11) is 0. The minimum atomic E-state index is -5.45. The molecule has 2 aromatic heterocycles. The monoisotopic (exact) mass is 1320 g/mol. The highest BCUT2D eigenvalue weighted by Gasteiger charge is 2.41. The van der Waals surface area contributed by atoms with Crippen LogP contribution in [0.2, 0.25) is 0 Å². The van der Waals surface area contributed by atoms with Gasteiger partial charge in [-0.25, -0.2) is 0 Å². The number of nitriles is 1. The van der Waals surface area contributed by atoms with Crippen molar-refractivity contribution in [3.8, 4) is 73.1 Å². The number of fused-ring (bicyclic) bond motifs is 6. The molecular formula is C70H36F21N3. The highest BCUT2D eigenvalue weighted by molar-refractivity contribution is 6.14. The molecule has 0 aliphatic carbocycles. The molecule has 3 nitrogen and oxygen atoms in total. The van der Waals surface area contributed by atoms with Crippen LogP contribution in [0.4, 0.5) is 92.2 Å². The summed E-state index contributed by atoms with van der Waals surface area (Å²) in [6, 6.07) is 30.3. The van der Waals surface area contributed by atoms with Gasteiger partial charge in [0.15, 0.2) is 0 Å². The molecule has 0 amide bonds. The molecule has 0 aliphatic heterocycles. The zero-order valence-corrected chi connectivity index (χ0v) is 47.6. The number of aryl methyl sites for hydroxylation is 2. The second kappa shape index (κ2) is 22.0. The Morgan fingerprint density at radius 1 is 0.266 bits per heavy atom. The Kier molecular flexibility index (Phi) is 15.0. The molecule has 0 bridgehead atoms. The zero-order valence-electron chi connectivity index (χ0n) is 47.6. The first-order valence-corrected chi connectivity index (χ1v) is 27.6. The fourth-order valence-electron chi connectivity index (χ4n) is 11.9. The maximum atomic E-state index is 16.3. The van der Waals surface area contributed by atoms with Crippen LogP contribution in [0.3, 0.4) is 0 Å². The van der Waals surface area contributed by atoms with Gasteiger partial charge in [0, 0.05) is 27.1 Å². The van der Waals surface area contributed by atoms with E-state index in [1.165, 1.54) is 91.2 Å². The molecule has 0 unspecified atom stereocenters.